The van der Waals surface area contributed by atoms with Crippen molar-refractivity contribution in [1.29, 1.82) is 0 Å². The third-order valence-electron chi connectivity index (χ3n) is 2.18. The molecule has 0 fully saturated rings. The van der Waals surface area contributed by atoms with E-state index in [2.05, 4.69) is 10.0 Å². The number of azide groups is 1. The molecule has 0 N–H and O–H groups in total. The Morgan fingerprint density at radius 3 is 2.50 bits per heavy atom. The zero-order valence-corrected chi connectivity index (χ0v) is 10.9. The van der Waals surface area contributed by atoms with Crippen LogP contribution in [0.2, 0.25) is 0 Å². The molecule has 0 saturated carbocycles. The van der Waals surface area contributed by atoms with Crippen LogP contribution in [-0.4, -0.2) is 11.6 Å². The smallest absolute Gasteiger partial charge is 0.310 e. The molecule has 5 nitrogen and oxygen atoms in total. The molecular formula is C13H17N3O2. The van der Waals surface area contributed by atoms with Crippen LogP contribution in [0.15, 0.2) is 29.4 Å². The van der Waals surface area contributed by atoms with Crippen molar-refractivity contribution in [3.63, 3.8) is 0 Å². The Hall–Kier alpha value is -2.00. The first-order valence-corrected chi connectivity index (χ1v) is 5.72. The SMILES string of the molecule is CC(C)(C)OC(=O)Cc1ccccc1CN=[N+]=[N-]. The summed E-state index contributed by atoms with van der Waals surface area (Å²) in [4.78, 5) is 14.4. The van der Waals surface area contributed by atoms with Crippen molar-refractivity contribution in [2.24, 2.45) is 5.11 Å². The van der Waals surface area contributed by atoms with Gasteiger partial charge in [-0.15, -0.1) is 0 Å². The normalized spacial score (nSPS) is 10.6. The summed E-state index contributed by atoms with van der Waals surface area (Å²) in [6, 6.07) is 7.38. The Balaban J connectivity index is 2.77. The number of nitrogens with zero attached hydrogens (tertiary/aromatic N) is 3. The summed E-state index contributed by atoms with van der Waals surface area (Å²) in [5.41, 5.74) is 9.51. The molecule has 0 aromatic heterocycles. The summed E-state index contributed by atoms with van der Waals surface area (Å²) in [6.07, 6.45) is 0.189. The number of benzene rings is 1. The molecule has 0 atom stereocenters. The predicted octanol–water partition coefficient (Wildman–Crippen LogP) is 3.38. The van der Waals surface area contributed by atoms with E-state index in [1.54, 1.807) is 0 Å². The maximum Gasteiger partial charge on any atom is 0.310 e. The molecule has 0 heterocycles. The number of hydrogen-bond donors (Lipinski definition) is 0. The molecule has 0 amide bonds. The molecule has 18 heavy (non-hydrogen) atoms. The van der Waals surface area contributed by atoms with Crippen LogP contribution in [0, 0.1) is 0 Å². The molecule has 0 aliphatic heterocycles. The molecule has 5 heteroatoms. The summed E-state index contributed by atoms with van der Waals surface area (Å²) < 4.78 is 5.26. The Labute approximate surface area is 106 Å². The number of carbonyl (C=O) groups excluding carboxylic acids is 1. The average molecular weight is 247 g/mol. The number of esters is 1. The van der Waals surface area contributed by atoms with Crippen molar-refractivity contribution in [3.05, 3.63) is 45.8 Å². The van der Waals surface area contributed by atoms with Crippen LogP contribution in [0.5, 0.6) is 0 Å². The highest BCUT2D eigenvalue weighted by atomic mass is 16.6. The van der Waals surface area contributed by atoms with Gasteiger partial charge in [-0.25, -0.2) is 0 Å². The van der Waals surface area contributed by atoms with E-state index in [4.69, 9.17) is 10.3 Å². The second kappa shape index (κ2) is 6.07. The van der Waals surface area contributed by atoms with Gasteiger partial charge >= 0.3 is 5.97 Å². The van der Waals surface area contributed by atoms with Crippen LogP contribution < -0.4 is 0 Å². The summed E-state index contributed by atoms with van der Waals surface area (Å²) in [5, 5.41) is 3.51. The molecule has 1 rings (SSSR count). The monoisotopic (exact) mass is 247 g/mol. The second-order valence-electron chi connectivity index (χ2n) is 4.92. The van der Waals surface area contributed by atoms with Crippen molar-refractivity contribution in [1.82, 2.24) is 0 Å². The van der Waals surface area contributed by atoms with Gasteiger partial charge in [-0.1, -0.05) is 29.4 Å². The lowest BCUT2D eigenvalue weighted by molar-refractivity contribution is -0.153. The molecule has 1 aromatic carbocycles. The zero-order chi connectivity index (χ0) is 13.6. The predicted molar refractivity (Wildman–Crippen MR) is 68.8 cm³/mol. The average Bonchev–Trinajstić information content (AvgIpc) is 2.25. The van der Waals surface area contributed by atoms with Gasteiger partial charge in [0.2, 0.25) is 0 Å². The van der Waals surface area contributed by atoms with E-state index in [0.29, 0.717) is 0 Å². The Kier molecular flexibility index (Phi) is 4.75. The Morgan fingerprint density at radius 1 is 1.33 bits per heavy atom. The van der Waals surface area contributed by atoms with Crippen molar-refractivity contribution in [2.45, 2.75) is 39.3 Å². The van der Waals surface area contributed by atoms with Crippen molar-refractivity contribution in [2.75, 3.05) is 0 Å². The van der Waals surface area contributed by atoms with Gasteiger partial charge < -0.3 is 4.74 Å². The minimum Gasteiger partial charge on any atom is -0.460 e. The third kappa shape index (κ3) is 4.89. The van der Waals surface area contributed by atoms with Crippen molar-refractivity contribution < 1.29 is 9.53 Å². The molecule has 96 valence electrons. The topological polar surface area (TPSA) is 75.1 Å². The van der Waals surface area contributed by atoms with E-state index < -0.39 is 5.60 Å². The number of ether oxygens (including phenoxy) is 1. The quantitative estimate of drug-likeness (QED) is 0.354. The highest BCUT2D eigenvalue weighted by Crippen LogP contribution is 2.14. The number of carbonyl (C=O) groups is 1. The van der Waals surface area contributed by atoms with E-state index in [9.17, 15) is 4.79 Å². The lowest BCUT2D eigenvalue weighted by Gasteiger charge is -2.19. The van der Waals surface area contributed by atoms with Gasteiger partial charge in [-0.05, 0) is 37.4 Å². The van der Waals surface area contributed by atoms with Crippen LogP contribution in [0.25, 0.3) is 10.4 Å². The molecule has 0 radical (unpaired) electrons. The zero-order valence-electron chi connectivity index (χ0n) is 10.9. The lowest BCUT2D eigenvalue weighted by atomic mass is 10.0. The summed E-state index contributed by atoms with van der Waals surface area (Å²) in [6.45, 7) is 5.74. The minimum absolute atomic E-state index is 0.189. The van der Waals surface area contributed by atoms with E-state index in [1.807, 2.05) is 45.0 Å². The van der Waals surface area contributed by atoms with E-state index in [1.165, 1.54) is 0 Å². The first kappa shape index (κ1) is 14.1. The lowest BCUT2D eigenvalue weighted by Crippen LogP contribution is -2.25. The third-order valence-corrected chi connectivity index (χ3v) is 2.18. The van der Waals surface area contributed by atoms with Crippen LogP contribution in [-0.2, 0) is 22.5 Å². The van der Waals surface area contributed by atoms with Gasteiger partial charge in [0.1, 0.15) is 5.60 Å². The molecule has 0 aliphatic carbocycles. The van der Waals surface area contributed by atoms with E-state index >= 15 is 0 Å². The Morgan fingerprint density at radius 2 is 1.94 bits per heavy atom. The van der Waals surface area contributed by atoms with Crippen LogP contribution in [0.3, 0.4) is 0 Å². The van der Waals surface area contributed by atoms with Crippen LogP contribution >= 0.6 is 0 Å². The fraction of sp³-hybridized carbons (Fsp3) is 0.462. The summed E-state index contributed by atoms with van der Waals surface area (Å²) in [5.74, 6) is -0.282. The van der Waals surface area contributed by atoms with Gasteiger partial charge in [0.25, 0.3) is 0 Å². The van der Waals surface area contributed by atoms with E-state index in [-0.39, 0.29) is 18.9 Å². The molecule has 0 saturated heterocycles. The molecule has 0 unspecified atom stereocenters. The minimum atomic E-state index is -0.489. The maximum absolute atomic E-state index is 11.7. The maximum atomic E-state index is 11.7. The molecular weight excluding hydrogens is 230 g/mol. The van der Waals surface area contributed by atoms with Crippen LogP contribution in [0.1, 0.15) is 31.9 Å². The number of rotatable bonds is 4. The highest BCUT2D eigenvalue weighted by molar-refractivity contribution is 5.73. The van der Waals surface area contributed by atoms with Crippen LogP contribution in [0.4, 0.5) is 0 Å². The van der Waals surface area contributed by atoms with Crippen molar-refractivity contribution in [3.8, 4) is 0 Å². The fourth-order valence-corrected chi connectivity index (χ4v) is 1.53. The van der Waals surface area contributed by atoms with Gasteiger partial charge in [0, 0.05) is 4.91 Å². The second-order valence-corrected chi connectivity index (χ2v) is 4.92. The van der Waals surface area contributed by atoms with Gasteiger partial charge in [0.05, 0.1) is 13.0 Å². The molecule has 0 spiro atoms. The first-order valence-electron chi connectivity index (χ1n) is 5.72. The molecule has 0 aliphatic rings. The largest absolute Gasteiger partial charge is 0.460 e. The first-order chi connectivity index (χ1) is 8.42. The molecule has 1 aromatic rings. The molecule has 0 bridgehead atoms. The Bertz CT molecular complexity index is 471. The fourth-order valence-electron chi connectivity index (χ4n) is 1.53. The summed E-state index contributed by atoms with van der Waals surface area (Å²) in [7, 11) is 0. The highest BCUT2D eigenvalue weighted by Gasteiger charge is 2.17. The standard InChI is InChI=1S/C13H17N3O2/c1-13(2,3)18-12(17)8-10-6-4-5-7-11(10)9-15-16-14/h4-7H,8-9H2,1-3H3. The van der Waals surface area contributed by atoms with E-state index in [0.717, 1.165) is 11.1 Å². The van der Waals surface area contributed by atoms with Crippen molar-refractivity contribution >= 4 is 5.97 Å². The van der Waals surface area contributed by atoms with Gasteiger partial charge in [-0.2, -0.15) is 0 Å². The van der Waals surface area contributed by atoms with Gasteiger partial charge in [0.15, 0.2) is 0 Å². The van der Waals surface area contributed by atoms with Gasteiger partial charge in [-0.3, -0.25) is 4.79 Å². The number of hydrogen-bond acceptors (Lipinski definition) is 3. The summed E-state index contributed by atoms with van der Waals surface area (Å²) >= 11 is 0.